The SMILES string of the molecule is CC1(C)CN(Cc2ccncc2)C(=O)CN1. The van der Waals surface area contributed by atoms with Crippen molar-refractivity contribution in [1.29, 1.82) is 0 Å². The average Bonchev–Trinajstić information content (AvgIpc) is 2.25. The van der Waals surface area contributed by atoms with Crippen molar-refractivity contribution in [3.05, 3.63) is 30.1 Å². The van der Waals surface area contributed by atoms with Gasteiger partial charge in [-0.15, -0.1) is 0 Å². The molecule has 1 N–H and O–H groups in total. The maximum Gasteiger partial charge on any atom is 0.236 e. The highest BCUT2D eigenvalue weighted by Gasteiger charge is 2.30. The molecule has 0 spiro atoms. The molecule has 2 rings (SSSR count). The monoisotopic (exact) mass is 219 g/mol. The first kappa shape index (κ1) is 11.1. The predicted molar refractivity (Wildman–Crippen MR) is 61.7 cm³/mol. The lowest BCUT2D eigenvalue weighted by Gasteiger charge is -2.38. The summed E-state index contributed by atoms with van der Waals surface area (Å²) in [7, 11) is 0. The fraction of sp³-hybridized carbons (Fsp3) is 0.500. The standard InChI is InChI=1S/C12H17N3O/c1-12(2)9-15(11(16)7-14-12)8-10-3-5-13-6-4-10/h3-6,14H,7-9H2,1-2H3. The molecule has 16 heavy (non-hydrogen) atoms. The number of hydrogen-bond acceptors (Lipinski definition) is 3. The Kier molecular flexibility index (Phi) is 2.92. The van der Waals surface area contributed by atoms with E-state index in [0.717, 1.165) is 12.1 Å². The van der Waals surface area contributed by atoms with Gasteiger partial charge in [-0.1, -0.05) is 0 Å². The Morgan fingerprint density at radius 1 is 1.44 bits per heavy atom. The van der Waals surface area contributed by atoms with Gasteiger partial charge in [-0.3, -0.25) is 9.78 Å². The van der Waals surface area contributed by atoms with Crippen LogP contribution in [0.15, 0.2) is 24.5 Å². The maximum atomic E-state index is 11.7. The molecule has 4 nitrogen and oxygen atoms in total. The maximum absolute atomic E-state index is 11.7. The summed E-state index contributed by atoms with van der Waals surface area (Å²) in [5.41, 5.74) is 1.13. The minimum absolute atomic E-state index is 0.000933. The summed E-state index contributed by atoms with van der Waals surface area (Å²) in [6, 6.07) is 3.89. The zero-order valence-corrected chi connectivity index (χ0v) is 9.73. The molecule has 1 fully saturated rings. The van der Waals surface area contributed by atoms with E-state index >= 15 is 0 Å². The number of nitrogens with one attached hydrogen (secondary N) is 1. The molecular weight excluding hydrogens is 202 g/mol. The highest BCUT2D eigenvalue weighted by atomic mass is 16.2. The van der Waals surface area contributed by atoms with E-state index < -0.39 is 0 Å². The smallest absolute Gasteiger partial charge is 0.236 e. The summed E-state index contributed by atoms with van der Waals surface area (Å²) in [4.78, 5) is 17.6. The van der Waals surface area contributed by atoms with Crippen molar-refractivity contribution in [2.45, 2.75) is 25.9 Å². The molecule has 0 aromatic carbocycles. The summed E-state index contributed by atoms with van der Waals surface area (Å²) in [5, 5.41) is 3.22. The molecule has 86 valence electrons. The third kappa shape index (κ3) is 2.58. The number of pyridine rings is 1. The number of carbonyl (C=O) groups is 1. The van der Waals surface area contributed by atoms with Crippen molar-refractivity contribution in [3.8, 4) is 0 Å². The summed E-state index contributed by atoms with van der Waals surface area (Å²) in [6.45, 7) is 6.07. The molecular formula is C12H17N3O. The first-order valence-corrected chi connectivity index (χ1v) is 5.48. The van der Waals surface area contributed by atoms with Gasteiger partial charge in [-0.05, 0) is 31.5 Å². The summed E-state index contributed by atoms with van der Waals surface area (Å²) in [6.07, 6.45) is 3.51. The Morgan fingerprint density at radius 3 is 2.81 bits per heavy atom. The molecule has 1 aromatic rings. The van der Waals surface area contributed by atoms with Gasteiger partial charge in [0, 0.05) is 31.0 Å². The van der Waals surface area contributed by atoms with E-state index in [9.17, 15) is 4.79 Å². The first-order valence-electron chi connectivity index (χ1n) is 5.48. The van der Waals surface area contributed by atoms with Crippen molar-refractivity contribution in [3.63, 3.8) is 0 Å². The van der Waals surface area contributed by atoms with Gasteiger partial charge in [0.2, 0.25) is 5.91 Å². The van der Waals surface area contributed by atoms with Crippen molar-refractivity contribution < 1.29 is 4.79 Å². The fourth-order valence-corrected chi connectivity index (χ4v) is 1.90. The van der Waals surface area contributed by atoms with Gasteiger partial charge >= 0.3 is 0 Å². The molecule has 0 aliphatic carbocycles. The number of piperazine rings is 1. The molecule has 1 aromatic heterocycles. The van der Waals surface area contributed by atoms with Crippen LogP contribution in [0.5, 0.6) is 0 Å². The van der Waals surface area contributed by atoms with E-state index in [1.807, 2.05) is 17.0 Å². The predicted octanol–water partition coefficient (Wildman–Crippen LogP) is 0.792. The van der Waals surface area contributed by atoms with Gasteiger partial charge in [0.25, 0.3) is 0 Å². The zero-order chi connectivity index (χ0) is 11.6. The Bertz CT molecular complexity index is 375. The topological polar surface area (TPSA) is 45.2 Å². The Morgan fingerprint density at radius 2 is 2.12 bits per heavy atom. The highest BCUT2D eigenvalue weighted by Crippen LogP contribution is 2.13. The Labute approximate surface area is 95.7 Å². The lowest BCUT2D eigenvalue weighted by molar-refractivity contribution is -0.135. The summed E-state index contributed by atoms with van der Waals surface area (Å²) >= 11 is 0. The minimum atomic E-state index is 0.000933. The largest absolute Gasteiger partial charge is 0.335 e. The molecule has 4 heteroatoms. The van der Waals surface area contributed by atoms with Crippen LogP contribution >= 0.6 is 0 Å². The highest BCUT2D eigenvalue weighted by molar-refractivity contribution is 5.79. The number of carbonyl (C=O) groups excluding carboxylic acids is 1. The first-order chi connectivity index (χ1) is 7.57. The second-order valence-corrected chi connectivity index (χ2v) is 4.84. The van der Waals surface area contributed by atoms with Crippen LogP contribution in [0.2, 0.25) is 0 Å². The van der Waals surface area contributed by atoms with Crippen molar-refractivity contribution in [2.24, 2.45) is 0 Å². The molecule has 1 amide bonds. The second kappa shape index (κ2) is 4.22. The van der Waals surface area contributed by atoms with Crippen LogP contribution < -0.4 is 5.32 Å². The van der Waals surface area contributed by atoms with E-state index in [2.05, 4.69) is 24.1 Å². The van der Waals surface area contributed by atoms with Gasteiger partial charge in [-0.25, -0.2) is 0 Å². The van der Waals surface area contributed by atoms with Crippen LogP contribution in [0.3, 0.4) is 0 Å². The normalized spacial score (nSPS) is 19.9. The Hall–Kier alpha value is -1.42. The quantitative estimate of drug-likeness (QED) is 0.800. The Balaban J connectivity index is 2.06. The molecule has 0 radical (unpaired) electrons. The van der Waals surface area contributed by atoms with Gasteiger partial charge in [0.15, 0.2) is 0 Å². The van der Waals surface area contributed by atoms with E-state index in [0.29, 0.717) is 13.1 Å². The fourth-order valence-electron chi connectivity index (χ4n) is 1.90. The van der Waals surface area contributed by atoms with E-state index in [-0.39, 0.29) is 11.4 Å². The third-order valence-electron chi connectivity index (χ3n) is 2.78. The molecule has 1 saturated heterocycles. The minimum Gasteiger partial charge on any atom is -0.335 e. The number of hydrogen-bond donors (Lipinski definition) is 1. The van der Waals surface area contributed by atoms with E-state index in [1.54, 1.807) is 12.4 Å². The lowest BCUT2D eigenvalue weighted by Crippen LogP contribution is -2.59. The molecule has 0 unspecified atom stereocenters. The number of nitrogens with zero attached hydrogens (tertiary/aromatic N) is 2. The van der Waals surface area contributed by atoms with E-state index in [4.69, 9.17) is 0 Å². The van der Waals surface area contributed by atoms with E-state index in [1.165, 1.54) is 0 Å². The zero-order valence-electron chi connectivity index (χ0n) is 9.73. The molecule has 0 bridgehead atoms. The lowest BCUT2D eigenvalue weighted by atomic mass is 10.0. The van der Waals surface area contributed by atoms with Crippen LogP contribution in [0, 0.1) is 0 Å². The number of amides is 1. The summed E-state index contributed by atoms with van der Waals surface area (Å²) < 4.78 is 0. The van der Waals surface area contributed by atoms with Crippen LogP contribution in [-0.4, -0.2) is 34.4 Å². The van der Waals surface area contributed by atoms with Gasteiger partial charge in [0.05, 0.1) is 6.54 Å². The number of rotatable bonds is 2. The van der Waals surface area contributed by atoms with Crippen molar-refractivity contribution >= 4 is 5.91 Å². The van der Waals surface area contributed by atoms with Crippen LogP contribution in [0.1, 0.15) is 19.4 Å². The van der Waals surface area contributed by atoms with Crippen molar-refractivity contribution in [2.75, 3.05) is 13.1 Å². The van der Waals surface area contributed by atoms with Crippen LogP contribution in [0.4, 0.5) is 0 Å². The molecule has 1 aliphatic heterocycles. The molecule has 2 heterocycles. The van der Waals surface area contributed by atoms with Crippen LogP contribution in [0.25, 0.3) is 0 Å². The van der Waals surface area contributed by atoms with Crippen LogP contribution in [-0.2, 0) is 11.3 Å². The molecule has 1 aliphatic rings. The number of aromatic nitrogens is 1. The van der Waals surface area contributed by atoms with Crippen molar-refractivity contribution in [1.82, 2.24) is 15.2 Å². The van der Waals surface area contributed by atoms with Gasteiger partial charge in [0.1, 0.15) is 0 Å². The molecule has 0 atom stereocenters. The molecule has 0 saturated carbocycles. The second-order valence-electron chi connectivity index (χ2n) is 4.84. The average molecular weight is 219 g/mol. The van der Waals surface area contributed by atoms with Gasteiger partial charge in [-0.2, -0.15) is 0 Å². The third-order valence-corrected chi connectivity index (χ3v) is 2.78. The summed E-state index contributed by atoms with van der Waals surface area (Å²) in [5.74, 6) is 0.163. The van der Waals surface area contributed by atoms with Gasteiger partial charge < -0.3 is 10.2 Å².